The number of amides is 4. The average molecular weight is 386 g/mol. The minimum Gasteiger partial charge on any atom is -0.383 e. The second kappa shape index (κ2) is 6.68. The monoisotopic (exact) mass is 386 g/mol. The van der Waals surface area contributed by atoms with E-state index < -0.39 is 35.2 Å². The Labute approximate surface area is 161 Å². The Morgan fingerprint density at radius 1 is 1.25 bits per heavy atom. The van der Waals surface area contributed by atoms with Gasteiger partial charge in [-0.3, -0.25) is 29.4 Å². The zero-order valence-corrected chi connectivity index (χ0v) is 15.4. The Balaban J connectivity index is 1.79. The summed E-state index contributed by atoms with van der Waals surface area (Å²) in [5, 5.41) is 6.07. The van der Waals surface area contributed by atoms with Crippen LogP contribution in [0.1, 0.15) is 18.4 Å². The van der Waals surface area contributed by atoms with E-state index >= 15 is 0 Å². The first-order valence-corrected chi connectivity index (χ1v) is 9.23. The Kier molecular flexibility index (Phi) is 4.43. The third-order valence-corrected chi connectivity index (χ3v) is 5.93. The van der Waals surface area contributed by atoms with E-state index in [0.29, 0.717) is 11.3 Å². The molecule has 1 aromatic carbocycles. The largest absolute Gasteiger partial charge is 0.383 e. The molecular formula is C19H22N4O5. The van der Waals surface area contributed by atoms with Crippen LogP contribution in [-0.2, 0) is 29.5 Å². The van der Waals surface area contributed by atoms with Gasteiger partial charge in [0.1, 0.15) is 5.54 Å². The van der Waals surface area contributed by atoms with E-state index in [1.807, 2.05) is 0 Å². The number of nitrogens with two attached hydrogens (primary N) is 1. The van der Waals surface area contributed by atoms with Crippen LogP contribution in [0, 0.1) is 11.8 Å². The van der Waals surface area contributed by atoms with Crippen LogP contribution >= 0.6 is 0 Å². The Morgan fingerprint density at radius 2 is 2.00 bits per heavy atom. The van der Waals surface area contributed by atoms with Gasteiger partial charge in [-0.1, -0.05) is 18.2 Å². The molecule has 9 heteroatoms. The lowest BCUT2D eigenvalue weighted by Crippen LogP contribution is -2.53. The van der Waals surface area contributed by atoms with Gasteiger partial charge < -0.3 is 15.8 Å². The molecule has 0 radical (unpaired) electrons. The van der Waals surface area contributed by atoms with Gasteiger partial charge in [-0.15, -0.1) is 0 Å². The number of carbonyl (C=O) groups is 4. The number of primary amides is 1. The Bertz CT molecular complexity index is 872. The summed E-state index contributed by atoms with van der Waals surface area (Å²) in [5.74, 6) is -3.21. The van der Waals surface area contributed by atoms with E-state index in [0.717, 1.165) is 0 Å². The van der Waals surface area contributed by atoms with Crippen LogP contribution in [0.2, 0.25) is 0 Å². The van der Waals surface area contributed by atoms with Crippen molar-refractivity contribution in [1.82, 2.24) is 10.2 Å². The zero-order valence-electron chi connectivity index (χ0n) is 15.4. The standard InChI is InChI=1S/C19H22N4O5/c1-28-9-8-23-16(25)14-12(6-7-13(20)24)22-19(15(14)17(23)26)10-4-2-3-5-11(10)21-18(19)27/h2-5,12,14-15,22H,6-9H2,1H3,(H2,20,24)(H,21,27)/t12-,14-,15+,19+/m1/s1. The summed E-state index contributed by atoms with van der Waals surface area (Å²) >= 11 is 0. The molecule has 2 fully saturated rings. The fourth-order valence-electron chi connectivity index (χ4n) is 4.77. The lowest BCUT2D eigenvalue weighted by Gasteiger charge is -2.29. The summed E-state index contributed by atoms with van der Waals surface area (Å²) in [6.45, 7) is 0.342. The van der Waals surface area contributed by atoms with Gasteiger partial charge in [-0.2, -0.15) is 0 Å². The number of carbonyl (C=O) groups excluding carboxylic acids is 4. The van der Waals surface area contributed by atoms with Crippen LogP contribution in [0.4, 0.5) is 5.69 Å². The third-order valence-electron chi connectivity index (χ3n) is 5.93. The predicted octanol–water partition coefficient (Wildman–Crippen LogP) is -0.681. The molecule has 4 rings (SSSR count). The lowest BCUT2D eigenvalue weighted by molar-refractivity contribution is -0.143. The number of anilines is 1. The van der Waals surface area contributed by atoms with Crippen LogP contribution in [0.5, 0.6) is 0 Å². The van der Waals surface area contributed by atoms with Gasteiger partial charge in [0.25, 0.3) is 0 Å². The molecule has 0 bridgehead atoms. The van der Waals surface area contributed by atoms with Gasteiger partial charge in [0.05, 0.1) is 25.0 Å². The fourth-order valence-corrected chi connectivity index (χ4v) is 4.77. The number of hydrogen-bond acceptors (Lipinski definition) is 6. The second-order valence-corrected chi connectivity index (χ2v) is 7.39. The van der Waals surface area contributed by atoms with E-state index in [1.165, 1.54) is 12.0 Å². The van der Waals surface area contributed by atoms with E-state index in [9.17, 15) is 19.2 Å². The summed E-state index contributed by atoms with van der Waals surface area (Å²) in [6, 6.07) is 6.61. The number of imide groups is 1. The number of nitrogens with zero attached hydrogens (tertiary/aromatic N) is 1. The number of rotatable bonds is 6. The molecule has 4 atom stereocenters. The summed E-state index contributed by atoms with van der Waals surface area (Å²) in [7, 11) is 1.49. The Hall–Kier alpha value is -2.78. The van der Waals surface area contributed by atoms with Gasteiger partial charge in [-0.25, -0.2) is 0 Å². The average Bonchev–Trinajstić information content (AvgIpc) is 3.24. The number of benzene rings is 1. The first-order chi connectivity index (χ1) is 13.4. The number of para-hydroxylation sites is 1. The maximum Gasteiger partial charge on any atom is 0.250 e. The smallest absolute Gasteiger partial charge is 0.250 e. The van der Waals surface area contributed by atoms with Crippen molar-refractivity contribution >= 4 is 29.3 Å². The molecule has 9 nitrogen and oxygen atoms in total. The first-order valence-electron chi connectivity index (χ1n) is 9.23. The van der Waals surface area contributed by atoms with E-state index in [2.05, 4.69) is 10.6 Å². The molecule has 4 amide bonds. The molecule has 2 saturated heterocycles. The molecule has 3 aliphatic heterocycles. The first kappa shape index (κ1) is 18.6. The highest BCUT2D eigenvalue weighted by Gasteiger charge is 2.70. The Morgan fingerprint density at radius 3 is 2.71 bits per heavy atom. The number of methoxy groups -OCH3 is 1. The van der Waals surface area contributed by atoms with Crippen LogP contribution < -0.4 is 16.4 Å². The molecule has 0 aromatic heterocycles. The number of hydrogen-bond donors (Lipinski definition) is 3. The quantitative estimate of drug-likeness (QED) is 0.555. The highest BCUT2D eigenvalue weighted by Crippen LogP contribution is 2.53. The van der Waals surface area contributed by atoms with Crippen LogP contribution in [-0.4, -0.2) is 54.8 Å². The molecule has 148 valence electrons. The molecule has 0 unspecified atom stereocenters. The second-order valence-electron chi connectivity index (χ2n) is 7.39. The van der Waals surface area contributed by atoms with Crippen molar-refractivity contribution in [2.45, 2.75) is 24.4 Å². The van der Waals surface area contributed by atoms with Gasteiger partial charge in [0.2, 0.25) is 23.6 Å². The van der Waals surface area contributed by atoms with Crippen LogP contribution in [0.3, 0.4) is 0 Å². The number of nitrogens with one attached hydrogen (secondary N) is 2. The van der Waals surface area contributed by atoms with Gasteiger partial charge >= 0.3 is 0 Å². The molecule has 3 aliphatic rings. The minimum atomic E-state index is -1.34. The fraction of sp³-hybridized carbons (Fsp3) is 0.474. The molecule has 1 aromatic rings. The lowest BCUT2D eigenvalue weighted by atomic mass is 9.76. The number of fused-ring (bicyclic) bond motifs is 4. The molecular weight excluding hydrogens is 364 g/mol. The van der Waals surface area contributed by atoms with E-state index in [4.69, 9.17) is 10.5 Å². The van der Waals surface area contributed by atoms with Gasteiger partial charge in [0.15, 0.2) is 0 Å². The maximum absolute atomic E-state index is 13.2. The van der Waals surface area contributed by atoms with Crippen molar-refractivity contribution in [1.29, 1.82) is 0 Å². The summed E-state index contributed by atoms with van der Waals surface area (Å²) in [5.41, 5.74) is 5.21. The molecule has 0 aliphatic carbocycles. The van der Waals surface area contributed by atoms with Crippen molar-refractivity contribution in [3.05, 3.63) is 29.8 Å². The molecule has 28 heavy (non-hydrogen) atoms. The normalized spacial score (nSPS) is 30.7. The van der Waals surface area contributed by atoms with Crippen LogP contribution in [0.15, 0.2) is 24.3 Å². The SMILES string of the molecule is COCCN1C(=O)[C@H]2[C@@H](C1=O)[C@]1(N[C@@H]2CCC(N)=O)C(=O)Nc2ccccc21. The zero-order chi connectivity index (χ0) is 20.1. The number of likely N-dealkylation sites (tertiary alicyclic amines) is 1. The van der Waals surface area contributed by atoms with Crippen molar-refractivity contribution in [2.24, 2.45) is 17.6 Å². The number of ether oxygens (including phenoxy) is 1. The highest BCUT2D eigenvalue weighted by atomic mass is 16.5. The third kappa shape index (κ3) is 2.46. The van der Waals surface area contributed by atoms with Crippen molar-refractivity contribution in [2.75, 3.05) is 25.6 Å². The minimum absolute atomic E-state index is 0.0553. The van der Waals surface area contributed by atoms with E-state index in [-0.39, 0.29) is 37.8 Å². The highest BCUT2D eigenvalue weighted by molar-refractivity contribution is 6.15. The summed E-state index contributed by atoms with van der Waals surface area (Å²) in [4.78, 5) is 51.9. The summed E-state index contributed by atoms with van der Waals surface area (Å²) < 4.78 is 5.02. The molecule has 4 N–H and O–H groups in total. The van der Waals surface area contributed by atoms with E-state index in [1.54, 1.807) is 24.3 Å². The topological polar surface area (TPSA) is 131 Å². The molecule has 1 spiro atoms. The molecule has 3 heterocycles. The van der Waals surface area contributed by atoms with Crippen molar-refractivity contribution in [3.8, 4) is 0 Å². The van der Waals surface area contributed by atoms with Gasteiger partial charge in [0, 0.05) is 30.8 Å². The van der Waals surface area contributed by atoms with Crippen LogP contribution in [0.25, 0.3) is 0 Å². The predicted molar refractivity (Wildman–Crippen MR) is 97.7 cm³/mol. The molecule has 0 saturated carbocycles. The summed E-state index contributed by atoms with van der Waals surface area (Å²) in [6.07, 6.45) is 0.324. The maximum atomic E-state index is 13.2. The van der Waals surface area contributed by atoms with Crippen molar-refractivity contribution < 1.29 is 23.9 Å². The van der Waals surface area contributed by atoms with Crippen molar-refractivity contribution in [3.63, 3.8) is 0 Å². The van der Waals surface area contributed by atoms with Gasteiger partial charge in [-0.05, 0) is 12.5 Å².